The Kier molecular flexibility index (Phi) is 4.46. The van der Waals surface area contributed by atoms with Gasteiger partial charge in [0.05, 0.1) is 5.69 Å². The number of hydrogen-bond donors (Lipinski definition) is 1. The summed E-state index contributed by atoms with van der Waals surface area (Å²) in [5, 5.41) is 11.2. The van der Waals surface area contributed by atoms with Crippen molar-refractivity contribution >= 4 is 0 Å². The van der Waals surface area contributed by atoms with E-state index in [1.165, 1.54) is 19.3 Å². The molecule has 0 unspecified atom stereocenters. The van der Waals surface area contributed by atoms with Gasteiger partial charge in [-0.1, -0.05) is 25.0 Å². The first-order valence-corrected chi connectivity index (χ1v) is 4.89. The lowest BCUT2D eigenvalue weighted by atomic mass is 10.2. The summed E-state index contributed by atoms with van der Waals surface area (Å²) in [5.41, 5.74) is 1.01. The molecule has 0 saturated heterocycles. The van der Waals surface area contributed by atoms with Crippen LogP contribution in [-0.2, 0) is 13.6 Å². The summed E-state index contributed by atoms with van der Waals surface area (Å²) in [7, 11) is 1.88. The topological polar surface area (TPSA) is 42.7 Å². The van der Waals surface area contributed by atoms with E-state index in [2.05, 4.69) is 22.6 Å². The highest BCUT2D eigenvalue weighted by atomic mass is 15.4. The van der Waals surface area contributed by atoms with Gasteiger partial charge >= 0.3 is 0 Å². The molecular formula is C9H18N4. The van der Waals surface area contributed by atoms with Crippen molar-refractivity contribution in [2.24, 2.45) is 7.05 Å². The van der Waals surface area contributed by atoms with Gasteiger partial charge in [-0.2, -0.15) is 0 Å². The molecule has 0 bridgehead atoms. The Morgan fingerprint density at radius 1 is 1.46 bits per heavy atom. The van der Waals surface area contributed by atoms with Gasteiger partial charge in [-0.15, -0.1) is 5.10 Å². The summed E-state index contributed by atoms with van der Waals surface area (Å²) in [6.45, 7) is 4.12. The second kappa shape index (κ2) is 5.70. The van der Waals surface area contributed by atoms with Gasteiger partial charge < -0.3 is 5.32 Å². The summed E-state index contributed by atoms with van der Waals surface area (Å²) >= 11 is 0. The molecule has 0 spiro atoms. The average molecular weight is 182 g/mol. The van der Waals surface area contributed by atoms with Gasteiger partial charge in [0.2, 0.25) is 0 Å². The molecule has 1 rings (SSSR count). The van der Waals surface area contributed by atoms with Crippen molar-refractivity contribution < 1.29 is 0 Å². The first-order valence-electron chi connectivity index (χ1n) is 4.89. The van der Waals surface area contributed by atoms with Gasteiger partial charge in [0.1, 0.15) is 0 Å². The van der Waals surface area contributed by atoms with Crippen LogP contribution in [-0.4, -0.2) is 21.5 Å². The van der Waals surface area contributed by atoms with Gasteiger partial charge in [-0.25, -0.2) is 0 Å². The molecule has 1 aromatic heterocycles. The van der Waals surface area contributed by atoms with Crippen LogP contribution in [0.2, 0.25) is 0 Å². The highest BCUT2D eigenvalue weighted by molar-refractivity contribution is 4.90. The normalized spacial score (nSPS) is 10.6. The predicted octanol–water partition coefficient (Wildman–Crippen LogP) is 1.09. The van der Waals surface area contributed by atoms with Gasteiger partial charge in [-0.05, 0) is 13.0 Å². The van der Waals surface area contributed by atoms with Gasteiger partial charge in [-0.3, -0.25) is 4.68 Å². The predicted molar refractivity (Wildman–Crippen MR) is 52.2 cm³/mol. The van der Waals surface area contributed by atoms with Crippen LogP contribution in [0, 0.1) is 0 Å². The number of hydrogen-bond acceptors (Lipinski definition) is 3. The Balaban J connectivity index is 2.06. The van der Waals surface area contributed by atoms with Gasteiger partial charge in [0.25, 0.3) is 0 Å². The number of unbranched alkanes of at least 4 members (excludes halogenated alkanes) is 2. The molecule has 1 N–H and O–H groups in total. The Morgan fingerprint density at radius 2 is 2.31 bits per heavy atom. The monoisotopic (exact) mass is 182 g/mol. The van der Waals surface area contributed by atoms with E-state index in [4.69, 9.17) is 0 Å². The van der Waals surface area contributed by atoms with E-state index in [0.29, 0.717) is 0 Å². The van der Waals surface area contributed by atoms with Crippen LogP contribution < -0.4 is 5.32 Å². The number of rotatable bonds is 6. The molecule has 0 fully saturated rings. The molecular weight excluding hydrogens is 164 g/mol. The van der Waals surface area contributed by atoms with Crippen molar-refractivity contribution in [2.45, 2.75) is 32.7 Å². The van der Waals surface area contributed by atoms with E-state index >= 15 is 0 Å². The third kappa shape index (κ3) is 4.03. The smallest absolute Gasteiger partial charge is 0.0964 e. The maximum atomic E-state index is 3.98. The van der Waals surface area contributed by atoms with E-state index < -0.39 is 0 Å². The van der Waals surface area contributed by atoms with Crippen LogP contribution in [0.15, 0.2) is 6.20 Å². The van der Waals surface area contributed by atoms with Crippen LogP contribution in [0.5, 0.6) is 0 Å². The molecule has 4 heteroatoms. The molecule has 0 aliphatic carbocycles. The van der Waals surface area contributed by atoms with Crippen LogP contribution in [0.4, 0.5) is 0 Å². The lowest BCUT2D eigenvalue weighted by Gasteiger charge is -2.00. The molecule has 13 heavy (non-hydrogen) atoms. The highest BCUT2D eigenvalue weighted by Crippen LogP contribution is 1.93. The van der Waals surface area contributed by atoms with E-state index in [1.807, 2.05) is 13.2 Å². The van der Waals surface area contributed by atoms with E-state index in [9.17, 15) is 0 Å². The van der Waals surface area contributed by atoms with E-state index in [0.717, 1.165) is 18.8 Å². The third-order valence-electron chi connectivity index (χ3n) is 1.91. The molecule has 0 atom stereocenters. The van der Waals surface area contributed by atoms with Crippen LogP contribution in [0.3, 0.4) is 0 Å². The summed E-state index contributed by atoms with van der Waals surface area (Å²) in [6, 6.07) is 0. The molecule has 0 radical (unpaired) electrons. The van der Waals surface area contributed by atoms with E-state index in [-0.39, 0.29) is 0 Å². The zero-order valence-corrected chi connectivity index (χ0v) is 8.45. The first-order chi connectivity index (χ1) is 6.33. The molecule has 0 aliphatic heterocycles. The molecule has 1 aromatic rings. The molecule has 0 amide bonds. The number of nitrogens with one attached hydrogen (secondary N) is 1. The fourth-order valence-electron chi connectivity index (χ4n) is 1.19. The number of nitrogens with zero attached hydrogens (tertiary/aromatic N) is 3. The molecule has 74 valence electrons. The molecule has 1 heterocycles. The average Bonchev–Trinajstić information content (AvgIpc) is 2.51. The van der Waals surface area contributed by atoms with Gasteiger partial charge in [0.15, 0.2) is 0 Å². The molecule has 0 aromatic carbocycles. The van der Waals surface area contributed by atoms with Crippen molar-refractivity contribution in [3.63, 3.8) is 0 Å². The lowest BCUT2D eigenvalue weighted by molar-refractivity contribution is 0.610. The van der Waals surface area contributed by atoms with E-state index in [1.54, 1.807) is 4.68 Å². The molecule has 0 aliphatic rings. The first kappa shape index (κ1) is 10.2. The van der Waals surface area contributed by atoms with Crippen LogP contribution in [0.1, 0.15) is 31.9 Å². The summed E-state index contributed by atoms with van der Waals surface area (Å²) in [6.07, 6.45) is 5.75. The van der Waals surface area contributed by atoms with Crippen molar-refractivity contribution in [3.05, 3.63) is 11.9 Å². The fourth-order valence-corrected chi connectivity index (χ4v) is 1.19. The fraction of sp³-hybridized carbons (Fsp3) is 0.778. The zero-order valence-electron chi connectivity index (χ0n) is 8.45. The zero-order chi connectivity index (χ0) is 9.52. The Bertz CT molecular complexity index is 231. The standard InChI is InChI=1S/C9H18N4/c1-3-4-5-6-10-7-9-8-13(2)12-11-9/h8,10H,3-7H2,1-2H3. The van der Waals surface area contributed by atoms with Crippen molar-refractivity contribution in [3.8, 4) is 0 Å². The number of aryl methyl sites for hydroxylation is 1. The van der Waals surface area contributed by atoms with Crippen molar-refractivity contribution in [1.82, 2.24) is 20.3 Å². The minimum absolute atomic E-state index is 0.831. The van der Waals surface area contributed by atoms with Crippen LogP contribution in [0.25, 0.3) is 0 Å². The quantitative estimate of drug-likeness (QED) is 0.670. The number of aromatic nitrogens is 3. The largest absolute Gasteiger partial charge is 0.311 e. The van der Waals surface area contributed by atoms with Crippen molar-refractivity contribution in [1.29, 1.82) is 0 Å². The summed E-state index contributed by atoms with van der Waals surface area (Å²) < 4.78 is 1.73. The molecule has 4 nitrogen and oxygen atoms in total. The maximum absolute atomic E-state index is 3.98. The third-order valence-corrected chi connectivity index (χ3v) is 1.91. The van der Waals surface area contributed by atoms with Crippen molar-refractivity contribution in [2.75, 3.05) is 6.54 Å². The second-order valence-electron chi connectivity index (χ2n) is 3.27. The Labute approximate surface area is 79.3 Å². The lowest BCUT2D eigenvalue weighted by Crippen LogP contribution is -2.14. The van der Waals surface area contributed by atoms with Gasteiger partial charge in [0, 0.05) is 19.8 Å². The maximum Gasteiger partial charge on any atom is 0.0964 e. The minimum Gasteiger partial charge on any atom is -0.311 e. The Hall–Kier alpha value is -0.900. The second-order valence-corrected chi connectivity index (χ2v) is 3.27. The summed E-state index contributed by atoms with van der Waals surface area (Å²) in [4.78, 5) is 0. The minimum atomic E-state index is 0.831. The SMILES string of the molecule is CCCCCNCc1cn(C)nn1. The van der Waals surface area contributed by atoms with Crippen LogP contribution >= 0.6 is 0 Å². The highest BCUT2D eigenvalue weighted by Gasteiger charge is 1.95. The summed E-state index contributed by atoms with van der Waals surface area (Å²) in [5.74, 6) is 0. The molecule has 0 saturated carbocycles. The Morgan fingerprint density at radius 3 is 2.92 bits per heavy atom.